The summed E-state index contributed by atoms with van der Waals surface area (Å²) < 4.78 is 26.5. The Bertz CT molecular complexity index is 472. The first-order chi connectivity index (χ1) is 9.09. The van der Waals surface area contributed by atoms with Crippen molar-refractivity contribution in [1.29, 1.82) is 0 Å². The van der Waals surface area contributed by atoms with Gasteiger partial charge in [-0.3, -0.25) is 0 Å². The van der Waals surface area contributed by atoms with E-state index in [4.69, 9.17) is 5.73 Å². The number of rotatable bonds is 9. The molecule has 1 rings (SSSR count). The lowest BCUT2D eigenvalue weighted by Gasteiger charge is -2.09. The second-order valence-corrected chi connectivity index (χ2v) is 6.49. The van der Waals surface area contributed by atoms with Gasteiger partial charge in [-0.1, -0.05) is 50.5 Å². The molecule has 108 valence electrons. The number of sulfonamides is 1. The van der Waals surface area contributed by atoms with Crippen molar-refractivity contribution in [2.24, 2.45) is 5.73 Å². The van der Waals surface area contributed by atoms with E-state index in [-0.39, 0.29) is 5.75 Å². The molecule has 5 heteroatoms. The fraction of sp³-hybridized carbons (Fsp3) is 0.571. The summed E-state index contributed by atoms with van der Waals surface area (Å²) in [5.41, 5.74) is 7.28. The maximum atomic E-state index is 11.9. The number of hydrogen-bond acceptors (Lipinski definition) is 3. The van der Waals surface area contributed by atoms with Crippen LogP contribution in [0.2, 0.25) is 0 Å². The molecule has 1 aromatic rings. The topological polar surface area (TPSA) is 72.2 Å². The minimum absolute atomic E-state index is 0.00809. The van der Waals surface area contributed by atoms with Crippen LogP contribution in [0, 0.1) is 0 Å². The average molecular weight is 284 g/mol. The molecule has 0 fully saturated rings. The van der Waals surface area contributed by atoms with Crippen LogP contribution in [-0.2, 0) is 22.3 Å². The number of unbranched alkanes of at least 4 members (excludes halogenated alkanes) is 3. The van der Waals surface area contributed by atoms with E-state index in [2.05, 4.69) is 11.6 Å². The van der Waals surface area contributed by atoms with Crippen molar-refractivity contribution < 1.29 is 8.42 Å². The monoisotopic (exact) mass is 284 g/mol. The summed E-state index contributed by atoms with van der Waals surface area (Å²) in [6.07, 6.45) is 4.26. The molecule has 0 saturated carbocycles. The van der Waals surface area contributed by atoms with Gasteiger partial charge in [0.2, 0.25) is 10.0 Å². The zero-order valence-electron chi connectivity index (χ0n) is 11.6. The summed E-state index contributed by atoms with van der Waals surface area (Å²) in [5, 5.41) is 0. The second kappa shape index (κ2) is 8.30. The Labute approximate surface area is 116 Å². The van der Waals surface area contributed by atoms with Gasteiger partial charge in [-0.2, -0.15) is 0 Å². The fourth-order valence-electron chi connectivity index (χ4n) is 1.93. The third-order valence-electron chi connectivity index (χ3n) is 3.04. The Morgan fingerprint density at radius 3 is 2.42 bits per heavy atom. The molecule has 0 radical (unpaired) electrons. The Morgan fingerprint density at radius 1 is 1.11 bits per heavy atom. The van der Waals surface area contributed by atoms with Gasteiger partial charge in [0, 0.05) is 13.1 Å². The molecule has 0 spiro atoms. The quantitative estimate of drug-likeness (QED) is 0.682. The van der Waals surface area contributed by atoms with Crippen LogP contribution >= 0.6 is 0 Å². The van der Waals surface area contributed by atoms with Gasteiger partial charge in [0.25, 0.3) is 0 Å². The van der Waals surface area contributed by atoms with Crippen LogP contribution in [0.5, 0.6) is 0 Å². The van der Waals surface area contributed by atoms with E-state index in [0.717, 1.165) is 36.8 Å². The normalized spacial score (nSPS) is 11.7. The van der Waals surface area contributed by atoms with Crippen LogP contribution < -0.4 is 10.5 Å². The van der Waals surface area contributed by atoms with Crippen LogP contribution in [0.3, 0.4) is 0 Å². The summed E-state index contributed by atoms with van der Waals surface area (Å²) in [6.45, 7) is 3.02. The standard InChI is InChI=1S/C14H24N2O2S/c1-2-3-4-7-10-16-19(17,18)12-14-9-6-5-8-13(14)11-15/h5-6,8-9,16H,2-4,7,10-12,15H2,1H3. The van der Waals surface area contributed by atoms with E-state index in [1.807, 2.05) is 24.3 Å². The summed E-state index contributed by atoms with van der Waals surface area (Å²) in [7, 11) is -3.26. The van der Waals surface area contributed by atoms with Gasteiger partial charge in [0.15, 0.2) is 0 Å². The van der Waals surface area contributed by atoms with Crippen LogP contribution in [-0.4, -0.2) is 15.0 Å². The molecule has 0 heterocycles. The Hall–Kier alpha value is -0.910. The van der Waals surface area contributed by atoms with Crippen LogP contribution in [0.1, 0.15) is 43.7 Å². The highest BCUT2D eigenvalue weighted by molar-refractivity contribution is 7.88. The lowest BCUT2D eigenvalue weighted by molar-refractivity contribution is 0.572. The Kier molecular flexibility index (Phi) is 7.05. The minimum Gasteiger partial charge on any atom is -0.326 e. The van der Waals surface area contributed by atoms with Gasteiger partial charge in [-0.15, -0.1) is 0 Å². The van der Waals surface area contributed by atoms with Crippen molar-refractivity contribution in [2.45, 2.75) is 44.9 Å². The molecule has 4 nitrogen and oxygen atoms in total. The molecule has 3 N–H and O–H groups in total. The Morgan fingerprint density at radius 2 is 1.79 bits per heavy atom. The first kappa shape index (κ1) is 16.1. The van der Waals surface area contributed by atoms with Gasteiger partial charge in [-0.25, -0.2) is 13.1 Å². The van der Waals surface area contributed by atoms with Crippen LogP contribution in [0.15, 0.2) is 24.3 Å². The van der Waals surface area contributed by atoms with Gasteiger partial charge in [0.1, 0.15) is 0 Å². The third kappa shape index (κ3) is 6.18. The number of nitrogens with two attached hydrogens (primary N) is 1. The first-order valence-electron chi connectivity index (χ1n) is 6.83. The fourth-order valence-corrected chi connectivity index (χ4v) is 3.18. The molecule has 0 aliphatic heterocycles. The molecular formula is C14H24N2O2S. The lowest BCUT2D eigenvalue weighted by Crippen LogP contribution is -2.26. The molecule has 1 aromatic carbocycles. The Balaban J connectivity index is 2.50. The molecule has 0 atom stereocenters. The summed E-state index contributed by atoms with van der Waals surface area (Å²) in [4.78, 5) is 0. The zero-order valence-corrected chi connectivity index (χ0v) is 12.4. The highest BCUT2D eigenvalue weighted by Crippen LogP contribution is 2.11. The van der Waals surface area contributed by atoms with E-state index in [1.54, 1.807) is 0 Å². The molecule has 0 bridgehead atoms. The van der Waals surface area contributed by atoms with Crippen LogP contribution in [0.4, 0.5) is 0 Å². The predicted molar refractivity (Wildman–Crippen MR) is 79.1 cm³/mol. The lowest BCUT2D eigenvalue weighted by atomic mass is 10.1. The van der Waals surface area contributed by atoms with E-state index < -0.39 is 10.0 Å². The second-order valence-electron chi connectivity index (χ2n) is 4.69. The molecule has 19 heavy (non-hydrogen) atoms. The summed E-state index contributed by atoms with van der Waals surface area (Å²) in [5.74, 6) is 0.00809. The number of nitrogens with one attached hydrogen (secondary N) is 1. The van der Waals surface area contributed by atoms with Gasteiger partial charge in [-0.05, 0) is 17.5 Å². The maximum Gasteiger partial charge on any atom is 0.215 e. The molecule has 0 aromatic heterocycles. The molecular weight excluding hydrogens is 260 g/mol. The first-order valence-corrected chi connectivity index (χ1v) is 8.48. The molecule has 0 saturated heterocycles. The average Bonchev–Trinajstić information content (AvgIpc) is 2.38. The highest BCUT2D eigenvalue weighted by atomic mass is 32.2. The van der Waals surface area contributed by atoms with Crippen molar-refractivity contribution in [1.82, 2.24) is 4.72 Å². The maximum absolute atomic E-state index is 11.9. The zero-order chi connectivity index (χ0) is 14.1. The van der Waals surface area contributed by atoms with Gasteiger partial charge >= 0.3 is 0 Å². The number of benzene rings is 1. The number of hydrogen-bond donors (Lipinski definition) is 2. The van der Waals surface area contributed by atoms with Crippen molar-refractivity contribution in [3.63, 3.8) is 0 Å². The van der Waals surface area contributed by atoms with Crippen molar-refractivity contribution in [3.05, 3.63) is 35.4 Å². The summed E-state index contributed by atoms with van der Waals surface area (Å²) in [6, 6.07) is 7.40. The van der Waals surface area contributed by atoms with Crippen molar-refractivity contribution in [2.75, 3.05) is 6.54 Å². The summed E-state index contributed by atoms with van der Waals surface area (Å²) >= 11 is 0. The van der Waals surface area contributed by atoms with E-state index in [1.165, 1.54) is 0 Å². The molecule has 0 unspecified atom stereocenters. The van der Waals surface area contributed by atoms with Crippen molar-refractivity contribution in [3.8, 4) is 0 Å². The minimum atomic E-state index is -3.26. The van der Waals surface area contributed by atoms with Gasteiger partial charge < -0.3 is 5.73 Å². The largest absolute Gasteiger partial charge is 0.326 e. The van der Waals surface area contributed by atoms with E-state index in [9.17, 15) is 8.42 Å². The van der Waals surface area contributed by atoms with E-state index >= 15 is 0 Å². The molecule has 0 amide bonds. The smallest absolute Gasteiger partial charge is 0.215 e. The highest BCUT2D eigenvalue weighted by Gasteiger charge is 2.12. The molecule has 0 aliphatic carbocycles. The predicted octanol–water partition coefficient (Wildman–Crippen LogP) is 2.15. The van der Waals surface area contributed by atoms with E-state index in [0.29, 0.717) is 13.1 Å². The molecule has 0 aliphatic rings. The van der Waals surface area contributed by atoms with Crippen LogP contribution in [0.25, 0.3) is 0 Å². The van der Waals surface area contributed by atoms with Gasteiger partial charge in [0.05, 0.1) is 5.75 Å². The third-order valence-corrected chi connectivity index (χ3v) is 4.37. The van der Waals surface area contributed by atoms with Crippen molar-refractivity contribution >= 4 is 10.0 Å². The SMILES string of the molecule is CCCCCCNS(=O)(=O)Cc1ccccc1CN.